The van der Waals surface area contributed by atoms with E-state index in [1.165, 1.54) is 57.4 Å². The fourth-order valence-corrected chi connectivity index (χ4v) is 6.26. The Morgan fingerprint density at radius 3 is 2.48 bits per heavy atom. The van der Waals surface area contributed by atoms with Gasteiger partial charge in [0.1, 0.15) is 17.7 Å². The van der Waals surface area contributed by atoms with Crippen molar-refractivity contribution in [3.05, 3.63) is 46.8 Å². The van der Waals surface area contributed by atoms with Crippen molar-refractivity contribution in [2.24, 2.45) is 17.8 Å². The van der Waals surface area contributed by atoms with E-state index in [9.17, 15) is 14.0 Å². The van der Waals surface area contributed by atoms with Crippen LogP contribution in [0.2, 0.25) is 0 Å². The van der Waals surface area contributed by atoms with Crippen molar-refractivity contribution >= 4 is 10.8 Å². The average Bonchev–Trinajstić information content (AvgIpc) is 2.75. The quantitative estimate of drug-likeness (QED) is 0.425. The Morgan fingerprint density at radius 1 is 0.935 bits per heavy atom. The second-order valence-electron chi connectivity index (χ2n) is 9.81. The van der Waals surface area contributed by atoms with Crippen LogP contribution in [-0.4, -0.2) is 0 Å². The van der Waals surface area contributed by atoms with Crippen LogP contribution in [0.4, 0.5) is 13.2 Å². The van der Waals surface area contributed by atoms with Gasteiger partial charge in [0.05, 0.1) is 10.9 Å². The first-order valence-corrected chi connectivity index (χ1v) is 12.0. The third kappa shape index (κ3) is 4.61. The lowest BCUT2D eigenvalue weighted by molar-refractivity contribution is 0.113. The Balaban J connectivity index is 1.51. The van der Waals surface area contributed by atoms with E-state index in [1.54, 1.807) is 6.07 Å². The summed E-state index contributed by atoms with van der Waals surface area (Å²) in [6, 6.07) is 5.48. The molecule has 0 bridgehead atoms. The second kappa shape index (κ2) is 9.63. The predicted octanol–water partition coefficient (Wildman–Crippen LogP) is 8.40. The van der Waals surface area contributed by atoms with Crippen molar-refractivity contribution in [1.29, 1.82) is 5.26 Å². The van der Waals surface area contributed by atoms with Gasteiger partial charge in [0.2, 0.25) is 0 Å². The molecule has 2 aromatic carbocycles. The van der Waals surface area contributed by atoms with E-state index in [1.807, 2.05) is 6.07 Å². The summed E-state index contributed by atoms with van der Waals surface area (Å²) in [5, 5.41) is 9.57. The molecule has 0 saturated heterocycles. The molecule has 2 unspecified atom stereocenters. The Labute approximate surface area is 183 Å². The smallest absolute Gasteiger partial charge is 0.152 e. The van der Waals surface area contributed by atoms with Gasteiger partial charge in [0.15, 0.2) is 5.82 Å². The van der Waals surface area contributed by atoms with E-state index in [4.69, 9.17) is 0 Å². The van der Waals surface area contributed by atoms with Crippen LogP contribution in [0.15, 0.2) is 18.2 Å². The van der Waals surface area contributed by atoms with Crippen LogP contribution in [0, 0.1) is 46.5 Å². The van der Waals surface area contributed by atoms with Crippen LogP contribution in [0.25, 0.3) is 10.8 Å². The zero-order valence-corrected chi connectivity index (χ0v) is 18.4. The fourth-order valence-electron chi connectivity index (χ4n) is 6.26. The Kier molecular flexibility index (Phi) is 6.89. The van der Waals surface area contributed by atoms with Gasteiger partial charge in [0, 0.05) is 6.07 Å². The van der Waals surface area contributed by atoms with E-state index in [0.717, 1.165) is 31.1 Å². The first kappa shape index (κ1) is 22.2. The molecule has 0 amide bonds. The van der Waals surface area contributed by atoms with Crippen LogP contribution >= 0.6 is 0 Å². The van der Waals surface area contributed by atoms with Gasteiger partial charge in [-0.05, 0) is 78.9 Å². The van der Waals surface area contributed by atoms with Gasteiger partial charge in [-0.2, -0.15) is 5.26 Å². The van der Waals surface area contributed by atoms with Gasteiger partial charge >= 0.3 is 0 Å². The minimum absolute atomic E-state index is 0.0638. The van der Waals surface area contributed by atoms with Gasteiger partial charge in [-0.3, -0.25) is 0 Å². The van der Waals surface area contributed by atoms with Gasteiger partial charge in [-0.1, -0.05) is 45.4 Å². The zero-order chi connectivity index (χ0) is 22.0. The van der Waals surface area contributed by atoms with Crippen LogP contribution < -0.4 is 0 Å². The Hall–Kier alpha value is -2.02. The highest BCUT2D eigenvalue weighted by Gasteiger charge is 2.37. The first-order valence-electron chi connectivity index (χ1n) is 12.0. The summed E-state index contributed by atoms with van der Waals surface area (Å²) >= 11 is 0. The molecule has 2 aliphatic rings. The molecule has 0 aliphatic heterocycles. The van der Waals surface area contributed by atoms with Crippen LogP contribution in [0.5, 0.6) is 0 Å². The molecule has 4 heteroatoms. The summed E-state index contributed by atoms with van der Waals surface area (Å²) < 4.78 is 43.0. The largest absolute Gasteiger partial charge is 0.207 e. The summed E-state index contributed by atoms with van der Waals surface area (Å²) in [7, 11) is 0. The molecule has 4 rings (SSSR count). The number of hydrogen-bond acceptors (Lipinski definition) is 1. The maximum Gasteiger partial charge on any atom is 0.152 e. The molecule has 2 saturated carbocycles. The van der Waals surface area contributed by atoms with Gasteiger partial charge in [0.25, 0.3) is 0 Å². The molecule has 2 aliphatic carbocycles. The Bertz CT molecular complexity index is 977. The molecule has 0 spiro atoms. The molecule has 0 N–H and O–H groups in total. The molecular weight excluding hydrogens is 395 g/mol. The standard InChI is InChI=1S/C27H32F3N/c1-2-3-4-5-6-17-7-8-19-12-20(10-9-18(19)11-17)23-14-21-13-22(28)15-25(29)26(21)27(30)24(23)16-31/h13-15,17-20H,2-12H2,1H3/t17-,18?,19-,20?/m1/s1. The molecule has 166 valence electrons. The fraction of sp³-hybridized carbons (Fsp3) is 0.593. The lowest BCUT2D eigenvalue weighted by atomic mass is 9.63. The normalized spacial score (nSPS) is 25.9. The number of halogens is 3. The average molecular weight is 428 g/mol. The third-order valence-corrected chi connectivity index (χ3v) is 7.86. The van der Waals surface area contributed by atoms with Gasteiger partial charge in [-0.25, -0.2) is 13.2 Å². The highest BCUT2D eigenvalue weighted by Crippen LogP contribution is 2.49. The molecule has 31 heavy (non-hydrogen) atoms. The van der Waals surface area contributed by atoms with Gasteiger partial charge < -0.3 is 0 Å². The number of hydrogen-bond donors (Lipinski definition) is 0. The SMILES string of the molecule is CCCCCC[C@@H]1CC[C@@H]2CC(c3cc4cc(F)cc(F)c4c(F)c3C#N)CCC2C1. The van der Waals surface area contributed by atoms with Crippen molar-refractivity contribution < 1.29 is 13.2 Å². The molecule has 0 heterocycles. The summed E-state index contributed by atoms with van der Waals surface area (Å²) in [4.78, 5) is 0. The predicted molar refractivity (Wildman–Crippen MR) is 118 cm³/mol. The zero-order valence-electron chi connectivity index (χ0n) is 18.4. The molecule has 1 nitrogen and oxygen atoms in total. The van der Waals surface area contributed by atoms with Crippen molar-refractivity contribution in [3.63, 3.8) is 0 Å². The van der Waals surface area contributed by atoms with Crippen LogP contribution in [0.1, 0.15) is 94.6 Å². The molecule has 2 aromatic rings. The highest BCUT2D eigenvalue weighted by molar-refractivity contribution is 5.86. The number of fused-ring (bicyclic) bond motifs is 2. The summed E-state index contributed by atoms with van der Waals surface area (Å²) in [5.74, 6) is -0.245. The lowest BCUT2D eigenvalue weighted by Crippen LogP contribution is -2.30. The third-order valence-electron chi connectivity index (χ3n) is 7.86. The highest BCUT2D eigenvalue weighted by atomic mass is 19.1. The monoisotopic (exact) mass is 427 g/mol. The molecule has 4 atom stereocenters. The van der Waals surface area contributed by atoms with Crippen LogP contribution in [0.3, 0.4) is 0 Å². The number of benzene rings is 2. The van der Waals surface area contributed by atoms with Crippen molar-refractivity contribution in [2.75, 3.05) is 0 Å². The molecular formula is C27H32F3N. The number of nitriles is 1. The minimum Gasteiger partial charge on any atom is -0.207 e. The Morgan fingerprint density at radius 2 is 1.71 bits per heavy atom. The topological polar surface area (TPSA) is 23.8 Å². The lowest BCUT2D eigenvalue weighted by Gasteiger charge is -2.42. The number of rotatable bonds is 6. The van der Waals surface area contributed by atoms with Crippen molar-refractivity contribution in [3.8, 4) is 6.07 Å². The second-order valence-corrected chi connectivity index (χ2v) is 9.81. The molecule has 0 aromatic heterocycles. The maximum atomic E-state index is 15.1. The van der Waals surface area contributed by atoms with Crippen molar-refractivity contribution in [2.45, 2.75) is 83.5 Å². The maximum absolute atomic E-state index is 15.1. The van der Waals surface area contributed by atoms with E-state index in [-0.39, 0.29) is 22.3 Å². The van der Waals surface area contributed by atoms with E-state index in [2.05, 4.69) is 6.92 Å². The minimum atomic E-state index is -0.948. The summed E-state index contributed by atoms with van der Waals surface area (Å²) in [6.45, 7) is 2.25. The summed E-state index contributed by atoms with van der Waals surface area (Å²) in [5.41, 5.74) is 0.573. The van der Waals surface area contributed by atoms with E-state index in [0.29, 0.717) is 17.5 Å². The van der Waals surface area contributed by atoms with Gasteiger partial charge in [-0.15, -0.1) is 0 Å². The molecule has 2 fully saturated rings. The van der Waals surface area contributed by atoms with Crippen LogP contribution in [-0.2, 0) is 0 Å². The first-order chi connectivity index (χ1) is 15.0. The number of unbranched alkanes of at least 4 members (excludes halogenated alkanes) is 3. The molecule has 0 radical (unpaired) electrons. The van der Waals surface area contributed by atoms with E-state index >= 15 is 4.39 Å². The summed E-state index contributed by atoms with van der Waals surface area (Å²) in [6.07, 6.45) is 13.4. The van der Waals surface area contributed by atoms with E-state index < -0.39 is 17.5 Å². The van der Waals surface area contributed by atoms with Crippen molar-refractivity contribution in [1.82, 2.24) is 0 Å². The number of nitrogens with zero attached hydrogens (tertiary/aromatic N) is 1.